The van der Waals surface area contributed by atoms with Crippen molar-refractivity contribution in [1.29, 1.82) is 0 Å². The molecule has 2 atom stereocenters. The Bertz CT molecular complexity index is 558. The monoisotopic (exact) mass is 344 g/mol. The highest BCUT2D eigenvalue weighted by molar-refractivity contribution is 5.81. The van der Waals surface area contributed by atoms with E-state index < -0.39 is 0 Å². The van der Waals surface area contributed by atoms with Crippen LogP contribution in [0.4, 0.5) is 0 Å². The van der Waals surface area contributed by atoms with Gasteiger partial charge in [0, 0.05) is 39.6 Å². The van der Waals surface area contributed by atoms with E-state index in [1.807, 2.05) is 11.0 Å². The Morgan fingerprint density at radius 1 is 1.32 bits per heavy atom. The standard InChI is InChI=1S/C20H32N4O/c1-16-8-7-13-24(15-16)19(25)11-12-22-20(21-3)23-14-17(2)18-9-5-4-6-10-18/h4-6,9-10,16-17H,7-8,11-15H2,1-3H3,(H2,21,22,23). The van der Waals surface area contributed by atoms with Crippen LogP contribution in [0.2, 0.25) is 0 Å². The molecule has 0 aromatic heterocycles. The van der Waals surface area contributed by atoms with Crippen LogP contribution in [0.3, 0.4) is 0 Å². The van der Waals surface area contributed by atoms with Crippen LogP contribution in [0.1, 0.15) is 44.6 Å². The molecular formula is C20H32N4O. The molecule has 0 bridgehead atoms. The third-order valence-electron chi connectivity index (χ3n) is 4.81. The molecule has 1 amide bonds. The van der Waals surface area contributed by atoms with Crippen molar-refractivity contribution in [3.8, 4) is 0 Å². The van der Waals surface area contributed by atoms with Crippen LogP contribution in [-0.4, -0.2) is 50.0 Å². The number of likely N-dealkylation sites (tertiary alicyclic amines) is 1. The van der Waals surface area contributed by atoms with E-state index in [2.05, 4.69) is 53.7 Å². The first kappa shape index (κ1) is 19.3. The predicted octanol–water partition coefficient (Wildman–Crippen LogP) is 2.60. The molecule has 1 aliphatic rings. The first-order valence-electron chi connectivity index (χ1n) is 9.37. The van der Waals surface area contributed by atoms with Gasteiger partial charge in [0.25, 0.3) is 0 Å². The lowest BCUT2D eigenvalue weighted by Crippen LogP contribution is -2.43. The number of guanidine groups is 1. The van der Waals surface area contributed by atoms with Gasteiger partial charge < -0.3 is 15.5 Å². The van der Waals surface area contributed by atoms with E-state index in [0.29, 0.717) is 24.8 Å². The van der Waals surface area contributed by atoms with Crippen LogP contribution in [0.15, 0.2) is 35.3 Å². The molecule has 1 heterocycles. The molecule has 5 nitrogen and oxygen atoms in total. The number of rotatable bonds is 6. The number of hydrogen-bond donors (Lipinski definition) is 2. The molecule has 1 aliphatic heterocycles. The normalized spacial score (nSPS) is 19.4. The summed E-state index contributed by atoms with van der Waals surface area (Å²) >= 11 is 0. The molecule has 1 aromatic carbocycles. The molecule has 2 unspecified atom stereocenters. The van der Waals surface area contributed by atoms with E-state index >= 15 is 0 Å². The maximum atomic E-state index is 12.3. The zero-order valence-electron chi connectivity index (χ0n) is 15.8. The fraction of sp³-hybridized carbons (Fsp3) is 0.600. The van der Waals surface area contributed by atoms with E-state index in [4.69, 9.17) is 0 Å². The minimum Gasteiger partial charge on any atom is -0.356 e. The lowest BCUT2D eigenvalue weighted by molar-refractivity contribution is -0.132. The highest BCUT2D eigenvalue weighted by atomic mass is 16.2. The van der Waals surface area contributed by atoms with Crippen molar-refractivity contribution in [1.82, 2.24) is 15.5 Å². The van der Waals surface area contributed by atoms with Crippen molar-refractivity contribution < 1.29 is 4.79 Å². The molecule has 1 aromatic rings. The number of carbonyl (C=O) groups excluding carboxylic acids is 1. The quantitative estimate of drug-likeness (QED) is 0.616. The lowest BCUT2D eigenvalue weighted by atomic mass is 10.00. The number of benzene rings is 1. The van der Waals surface area contributed by atoms with E-state index in [1.165, 1.54) is 12.0 Å². The van der Waals surface area contributed by atoms with E-state index in [1.54, 1.807) is 7.05 Å². The molecular weight excluding hydrogens is 312 g/mol. The fourth-order valence-corrected chi connectivity index (χ4v) is 3.23. The highest BCUT2D eigenvalue weighted by Gasteiger charge is 2.20. The third-order valence-corrected chi connectivity index (χ3v) is 4.81. The Morgan fingerprint density at radius 2 is 2.08 bits per heavy atom. The molecule has 0 aliphatic carbocycles. The van der Waals surface area contributed by atoms with Gasteiger partial charge in [0.15, 0.2) is 5.96 Å². The zero-order chi connectivity index (χ0) is 18.1. The summed E-state index contributed by atoms with van der Waals surface area (Å²) in [6.07, 6.45) is 2.88. The van der Waals surface area contributed by atoms with Crippen LogP contribution in [0, 0.1) is 5.92 Å². The first-order chi connectivity index (χ1) is 12.1. The average molecular weight is 345 g/mol. The van der Waals surface area contributed by atoms with E-state index in [0.717, 1.165) is 32.0 Å². The number of carbonyl (C=O) groups is 1. The largest absolute Gasteiger partial charge is 0.356 e. The van der Waals surface area contributed by atoms with Gasteiger partial charge in [-0.15, -0.1) is 0 Å². The summed E-state index contributed by atoms with van der Waals surface area (Å²) in [7, 11) is 1.76. The fourth-order valence-electron chi connectivity index (χ4n) is 3.23. The third kappa shape index (κ3) is 6.40. The molecule has 1 fully saturated rings. The summed E-state index contributed by atoms with van der Waals surface area (Å²) in [6.45, 7) is 7.64. The van der Waals surface area contributed by atoms with Gasteiger partial charge in [0.2, 0.25) is 5.91 Å². The maximum Gasteiger partial charge on any atom is 0.224 e. The van der Waals surface area contributed by atoms with Gasteiger partial charge in [-0.3, -0.25) is 9.79 Å². The van der Waals surface area contributed by atoms with Crippen LogP contribution < -0.4 is 10.6 Å². The van der Waals surface area contributed by atoms with Gasteiger partial charge >= 0.3 is 0 Å². The highest BCUT2D eigenvalue weighted by Crippen LogP contribution is 2.16. The summed E-state index contributed by atoms with van der Waals surface area (Å²) in [4.78, 5) is 18.5. The van der Waals surface area contributed by atoms with Crippen molar-refractivity contribution in [2.45, 2.75) is 39.0 Å². The Morgan fingerprint density at radius 3 is 2.76 bits per heavy atom. The Hall–Kier alpha value is -2.04. The predicted molar refractivity (Wildman–Crippen MR) is 104 cm³/mol. The topological polar surface area (TPSA) is 56.7 Å². The van der Waals surface area contributed by atoms with Gasteiger partial charge in [0.1, 0.15) is 0 Å². The number of amides is 1. The number of hydrogen-bond acceptors (Lipinski definition) is 2. The SMILES string of the molecule is CN=C(NCCC(=O)N1CCCC(C)C1)NCC(C)c1ccccc1. The van der Waals surface area contributed by atoms with Gasteiger partial charge in [-0.05, 0) is 30.2 Å². The van der Waals surface area contributed by atoms with Crippen molar-refractivity contribution in [2.24, 2.45) is 10.9 Å². The molecule has 1 saturated heterocycles. The van der Waals surface area contributed by atoms with Crippen molar-refractivity contribution in [3.05, 3.63) is 35.9 Å². The Labute approximate surface area is 151 Å². The van der Waals surface area contributed by atoms with E-state index in [9.17, 15) is 4.79 Å². The second kappa shape index (κ2) is 10.1. The number of nitrogens with zero attached hydrogens (tertiary/aromatic N) is 2. The summed E-state index contributed by atoms with van der Waals surface area (Å²) in [5.41, 5.74) is 1.31. The lowest BCUT2D eigenvalue weighted by Gasteiger charge is -2.31. The smallest absolute Gasteiger partial charge is 0.224 e. The van der Waals surface area contributed by atoms with Gasteiger partial charge in [-0.25, -0.2) is 0 Å². The number of aliphatic imine (C=N–C) groups is 1. The van der Waals surface area contributed by atoms with Gasteiger partial charge in [-0.2, -0.15) is 0 Å². The molecule has 5 heteroatoms. The molecule has 2 rings (SSSR count). The minimum absolute atomic E-state index is 0.243. The zero-order valence-corrected chi connectivity index (χ0v) is 15.8. The number of piperidine rings is 1. The molecule has 138 valence electrons. The molecule has 2 N–H and O–H groups in total. The van der Waals surface area contributed by atoms with Crippen LogP contribution >= 0.6 is 0 Å². The summed E-state index contributed by atoms with van der Waals surface area (Å²) in [6, 6.07) is 10.4. The first-order valence-corrected chi connectivity index (χ1v) is 9.37. The second-order valence-corrected chi connectivity index (χ2v) is 7.03. The summed E-state index contributed by atoms with van der Waals surface area (Å²) in [5.74, 6) is 2.02. The average Bonchev–Trinajstić information content (AvgIpc) is 2.64. The molecule has 0 saturated carbocycles. The van der Waals surface area contributed by atoms with Crippen molar-refractivity contribution in [2.75, 3.05) is 33.2 Å². The van der Waals surface area contributed by atoms with Gasteiger partial charge in [-0.1, -0.05) is 44.2 Å². The second-order valence-electron chi connectivity index (χ2n) is 7.03. The molecule has 0 radical (unpaired) electrons. The van der Waals surface area contributed by atoms with Crippen molar-refractivity contribution >= 4 is 11.9 Å². The molecule has 25 heavy (non-hydrogen) atoms. The summed E-state index contributed by atoms with van der Waals surface area (Å²) in [5, 5.41) is 6.59. The summed E-state index contributed by atoms with van der Waals surface area (Å²) < 4.78 is 0. The number of nitrogens with one attached hydrogen (secondary N) is 2. The van der Waals surface area contributed by atoms with Crippen molar-refractivity contribution in [3.63, 3.8) is 0 Å². The van der Waals surface area contributed by atoms with E-state index in [-0.39, 0.29) is 5.91 Å². The Balaban J connectivity index is 1.69. The van der Waals surface area contributed by atoms with Crippen LogP contribution in [0.5, 0.6) is 0 Å². The van der Waals surface area contributed by atoms with Gasteiger partial charge in [0.05, 0.1) is 0 Å². The molecule has 0 spiro atoms. The van der Waals surface area contributed by atoms with Crippen LogP contribution in [0.25, 0.3) is 0 Å². The minimum atomic E-state index is 0.243. The Kier molecular flexibility index (Phi) is 7.76. The maximum absolute atomic E-state index is 12.3. The van der Waals surface area contributed by atoms with Crippen LogP contribution in [-0.2, 0) is 4.79 Å².